The fourth-order valence-electron chi connectivity index (χ4n) is 1.26. The van der Waals surface area contributed by atoms with Crippen LogP contribution in [0.3, 0.4) is 0 Å². The highest BCUT2D eigenvalue weighted by Gasteiger charge is 2.33. The Morgan fingerprint density at radius 1 is 1.11 bits per heavy atom. The Hall–Kier alpha value is -2.51. The predicted molar refractivity (Wildman–Crippen MR) is 59.6 cm³/mol. The van der Waals surface area contributed by atoms with Crippen LogP contribution in [0.25, 0.3) is 0 Å². The third kappa shape index (κ3) is 2.84. The Morgan fingerprint density at radius 2 is 1.84 bits per heavy atom. The molecule has 0 aliphatic heterocycles. The number of halogens is 3. The van der Waals surface area contributed by atoms with E-state index in [1.165, 1.54) is 18.2 Å². The molecule has 0 saturated carbocycles. The Labute approximate surface area is 105 Å². The maximum Gasteiger partial charge on any atom is 0.435 e. The zero-order valence-corrected chi connectivity index (χ0v) is 9.35. The summed E-state index contributed by atoms with van der Waals surface area (Å²) in [5.74, 6) is -0.281. The molecule has 1 heterocycles. The molecule has 100 valence electrons. The molecule has 0 aliphatic carbocycles. The molecule has 0 bridgehead atoms. The van der Waals surface area contributed by atoms with Gasteiger partial charge < -0.3 is 15.6 Å². The van der Waals surface area contributed by atoms with Crippen LogP contribution in [0.4, 0.5) is 18.9 Å². The Balaban J connectivity index is 2.23. The van der Waals surface area contributed by atoms with Crippen molar-refractivity contribution in [1.29, 1.82) is 0 Å². The van der Waals surface area contributed by atoms with Gasteiger partial charge in [-0.2, -0.15) is 13.2 Å². The molecule has 0 saturated heterocycles. The van der Waals surface area contributed by atoms with E-state index in [2.05, 4.69) is 10.2 Å². The van der Waals surface area contributed by atoms with Crippen molar-refractivity contribution in [3.63, 3.8) is 0 Å². The maximum absolute atomic E-state index is 12.3. The summed E-state index contributed by atoms with van der Waals surface area (Å²) in [6.45, 7) is 0. The second-order valence-corrected chi connectivity index (χ2v) is 3.55. The first-order valence-corrected chi connectivity index (χ1v) is 5.04. The number of ether oxygens (including phenoxy) is 1. The number of rotatable bonds is 2. The molecule has 0 aliphatic rings. The van der Waals surface area contributed by atoms with Crippen LogP contribution in [0.5, 0.6) is 17.4 Å². The molecule has 0 unspecified atom stereocenters. The second kappa shape index (κ2) is 4.63. The lowest BCUT2D eigenvalue weighted by Gasteiger charge is -2.09. The first-order chi connectivity index (χ1) is 8.88. The molecule has 1 aromatic heterocycles. The summed E-state index contributed by atoms with van der Waals surface area (Å²) in [7, 11) is 0. The average molecular weight is 271 g/mol. The van der Waals surface area contributed by atoms with E-state index < -0.39 is 11.9 Å². The third-order valence-electron chi connectivity index (χ3n) is 2.19. The van der Waals surface area contributed by atoms with Gasteiger partial charge in [-0.3, -0.25) is 0 Å². The first kappa shape index (κ1) is 12.9. The number of para-hydroxylation sites is 1. The van der Waals surface area contributed by atoms with Crippen LogP contribution in [-0.4, -0.2) is 15.3 Å². The van der Waals surface area contributed by atoms with E-state index in [-0.39, 0.29) is 23.1 Å². The van der Waals surface area contributed by atoms with Gasteiger partial charge in [-0.05, 0) is 18.2 Å². The van der Waals surface area contributed by atoms with Crippen molar-refractivity contribution in [3.8, 4) is 17.4 Å². The standard InChI is InChI=1S/C11H8F3N3O2/c12-11(13,14)8-4-5-9(17-16-8)19-7-3-1-2-6(18)10(7)15/h1-5,18H,15H2. The van der Waals surface area contributed by atoms with Crippen LogP contribution in [-0.2, 0) is 6.18 Å². The summed E-state index contributed by atoms with van der Waals surface area (Å²) in [6, 6.07) is 6.01. The van der Waals surface area contributed by atoms with E-state index in [9.17, 15) is 18.3 Å². The van der Waals surface area contributed by atoms with Crippen molar-refractivity contribution in [3.05, 3.63) is 36.0 Å². The molecule has 5 nitrogen and oxygen atoms in total. The molecule has 2 rings (SSSR count). The van der Waals surface area contributed by atoms with Gasteiger partial charge in [-0.25, -0.2) is 0 Å². The fourth-order valence-corrected chi connectivity index (χ4v) is 1.26. The lowest BCUT2D eigenvalue weighted by Crippen LogP contribution is -2.09. The summed E-state index contributed by atoms with van der Waals surface area (Å²) >= 11 is 0. The number of anilines is 1. The zero-order valence-electron chi connectivity index (χ0n) is 9.35. The summed E-state index contributed by atoms with van der Waals surface area (Å²) in [5.41, 5.74) is 4.37. The number of hydrogen-bond acceptors (Lipinski definition) is 5. The maximum atomic E-state index is 12.3. The minimum atomic E-state index is -4.56. The molecule has 1 aromatic carbocycles. The quantitative estimate of drug-likeness (QED) is 0.648. The van der Waals surface area contributed by atoms with E-state index in [0.29, 0.717) is 0 Å². The number of nitrogens with two attached hydrogens (primary N) is 1. The molecule has 0 atom stereocenters. The molecular formula is C11H8F3N3O2. The van der Waals surface area contributed by atoms with E-state index in [0.717, 1.165) is 12.1 Å². The van der Waals surface area contributed by atoms with Gasteiger partial charge in [0.05, 0.1) is 0 Å². The van der Waals surface area contributed by atoms with E-state index in [4.69, 9.17) is 10.5 Å². The largest absolute Gasteiger partial charge is 0.506 e. The van der Waals surface area contributed by atoms with Crippen molar-refractivity contribution in [2.45, 2.75) is 6.18 Å². The number of nitrogens with zero attached hydrogens (tertiary/aromatic N) is 2. The monoisotopic (exact) mass is 271 g/mol. The number of hydrogen-bond donors (Lipinski definition) is 2. The van der Waals surface area contributed by atoms with Crippen LogP contribution < -0.4 is 10.5 Å². The minimum absolute atomic E-state index is 0.0378. The Morgan fingerprint density at radius 3 is 2.42 bits per heavy atom. The number of aromatic nitrogens is 2. The van der Waals surface area contributed by atoms with Crippen LogP contribution in [0.2, 0.25) is 0 Å². The molecule has 0 fully saturated rings. The number of benzene rings is 1. The lowest BCUT2D eigenvalue weighted by molar-refractivity contribution is -0.141. The zero-order chi connectivity index (χ0) is 14.0. The van der Waals surface area contributed by atoms with Crippen LogP contribution in [0.1, 0.15) is 5.69 Å². The van der Waals surface area contributed by atoms with E-state index >= 15 is 0 Å². The SMILES string of the molecule is Nc1c(O)cccc1Oc1ccc(C(F)(F)F)nn1. The minimum Gasteiger partial charge on any atom is -0.506 e. The first-order valence-electron chi connectivity index (χ1n) is 5.04. The van der Waals surface area contributed by atoms with Crippen LogP contribution in [0, 0.1) is 0 Å². The summed E-state index contributed by atoms with van der Waals surface area (Å²) in [5, 5.41) is 15.6. The Bertz CT molecular complexity index is 585. The van der Waals surface area contributed by atoms with Gasteiger partial charge in [0.2, 0.25) is 5.88 Å². The smallest absolute Gasteiger partial charge is 0.435 e. The second-order valence-electron chi connectivity index (χ2n) is 3.55. The normalized spacial score (nSPS) is 11.3. The summed E-state index contributed by atoms with van der Waals surface area (Å²) in [6.07, 6.45) is -4.56. The fraction of sp³-hybridized carbons (Fsp3) is 0.0909. The number of aromatic hydroxyl groups is 1. The number of nitrogen functional groups attached to an aromatic ring is 1. The van der Waals surface area contributed by atoms with Crippen molar-refractivity contribution >= 4 is 5.69 Å². The topological polar surface area (TPSA) is 81.3 Å². The van der Waals surface area contributed by atoms with Gasteiger partial charge in [-0.15, -0.1) is 10.2 Å². The highest BCUT2D eigenvalue weighted by atomic mass is 19.4. The van der Waals surface area contributed by atoms with E-state index in [1.54, 1.807) is 0 Å². The third-order valence-corrected chi connectivity index (χ3v) is 2.19. The van der Waals surface area contributed by atoms with Crippen molar-refractivity contribution < 1.29 is 23.0 Å². The molecule has 0 spiro atoms. The van der Waals surface area contributed by atoms with Gasteiger partial charge in [0.1, 0.15) is 11.4 Å². The lowest BCUT2D eigenvalue weighted by atomic mass is 10.3. The van der Waals surface area contributed by atoms with E-state index in [1.807, 2.05) is 0 Å². The number of alkyl halides is 3. The molecule has 3 N–H and O–H groups in total. The molecular weight excluding hydrogens is 263 g/mol. The van der Waals surface area contributed by atoms with Gasteiger partial charge in [0.15, 0.2) is 11.4 Å². The highest BCUT2D eigenvalue weighted by molar-refractivity contribution is 5.62. The van der Waals surface area contributed by atoms with Crippen LogP contribution >= 0.6 is 0 Å². The summed E-state index contributed by atoms with van der Waals surface area (Å²) < 4.78 is 41.9. The Kier molecular flexibility index (Phi) is 3.16. The van der Waals surface area contributed by atoms with Gasteiger partial charge >= 0.3 is 6.18 Å². The van der Waals surface area contributed by atoms with Crippen molar-refractivity contribution in [2.24, 2.45) is 0 Å². The van der Waals surface area contributed by atoms with Crippen molar-refractivity contribution in [1.82, 2.24) is 10.2 Å². The predicted octanol–water partition coefficient (Wildman–Crippen LogP) is 2.58. The molecule has 2 aromatic rings. The van der Waals surface area contributed by atoms with Gasteiger partial charge in [-0.1, -0.05) is 6.07 Å². The highest BCUT2D eigenvalue weighted by Crippen LogP contribution is 2.33. The van der Waals surface area contributed by atoms with Crippen molar-refractivity contribution in [2.75, 3.05) is 5.73 Å². The molecule has 19 heavy (non-hydrogen) atoms. The van der Waals surface area contributed by atoms with Crippen LogP contribution in [0.15, 0.2) is 30.3 Å². The molecule has 8 heteroatoms. The number of phenolic OH excluding ortho intramolecular Hbond substituents is 1. The van der Waals surface area contributed by atoms with Gasteiger partial charge in [0, 0.05) is 6.07 Å². The summed E-state index contributed by atoms with van der Waals surface area (Å²) in [4.78, 5) is 0. The molecule has 0 amide bonds. The van der Waals surface area contributed by atoms with Gasteiger partial charge in [0.25, 0.3) is 0 Å². The average Bonchev–Trinajstić information content (AvgIpc) is 2.35. The number of phenols is 1. The molecule has 0 radical (unpaired) electrons.